The summed E-state index contributed by atoms with van der Waals surface area (Å²) in [6.07, 6.45) is 4.40. The third-order valence-electron chi connectivity index (χ3n) is 4.16. The van der Waals surface area contributed by atoms with E-state index in [1.807, 2.05) is 18.2 Å². The quantitative estimate of drug-likeness (QED) is 0.757. The lowest BCUT2D eigenvalue weighted by atomic mass is 9.97. The molecule has 0 aliphatic carbocycles. The van der Waals surface area contributed by atoms with Crippen LogP contribution in [0.1, 0.15) is 37.2 Å². The van der Waals surface area contributed by atoms with Gasteiger partial charge in [0, 0.05) is 25.1 Å². The first-order chi connectivity index (χ1) is 9.72. The summed E-state index contributed by atoms with van der Waals surface area (Å²) in [5.41, 5.74) is 7.16. The van der Waals surface area contributed by atoms with Crippen molar-refractivity contribution in [3.63, 3.8) is 0 Å². The van der Waals surface area contributed by atoms with E-state index in [-0.39, 0.29) is 12.5 Å². The minimum Gasteiger partial charge on any atom is -0.396 e. The van der Waals surface area contributed by atoms with Gasteiger partial charge < -0.3 is 10.8 Å². The van der Waals surface area contributed by atoms with E-state index in [1.54, 1.807) is 0 Å². The number of nitrogens with two attached hydrogens (primary N) is 1. The topological polar surface area (TPSA) is 49.5 Å². The number of nitrogens with zero attached hydrogens (tertiary/aromatic N) is 1. The van der Waals surface area contributed by atoms with E-state index in [9.17, 15) is 0 Å². The van der Waals surface area contributed by atoms with Gasteiger partial charge in [-0.25, -0.2) is 0 Å². The Bertz CT molecular complexity index is 424. The largest absolute Gasteiger partial charge is 0.396 e. The maximum atomic E-state index is 9.00. The maximum Gasteiger partial charge on any atom is 0.0816 e. The molecule has 3 N–H and O–H groups in total. The van der Waals surface area contributed by atoms with Gasteiger partial charge in [0.2, 0.25) is 0 Å². The summed E-state index contributed by atoms with van der Waals surface area (Å²) in [6, 6.07) is 10.9. The highest BCUT2D eigenvalue weighted by Gasteiger charge is 2.27. The molecule has 20 heavy (non-hydrogen) atoms. The zero-order chi connectivity index (χ0) is 14.4. The molecule has 3 nitrogen and oxygen atoms in total. The van der Waals surface area contributed by atoms with Crippen LogP contribution in [-0.2, 0) is 0 Å². The molecule has 1 fully saturated rings. The molecule has 110 valence electrons. The van der Waals surface area contributed by atoms with Gasteiger partial charge in [0.05, 0.1) is 4.99 Å². The summed E-state index contributed by atoms with van der Waals surface area (Å²) >= 11 is 5.27. The van der Waals surface area contributed by atoms with Gasteiger partial charge in [-0.2, -0.15) is 0 Å². The second kappa shape index (κ2) is 7.72. The fourth-order valence-corrected chi connectivity index (χ4v) is 3.28. The molecular formula is C16H24N2OS. The van der Waals surface area contributed by atoms with Crippen molar-refractivity contribution in [2.45, 2.75) is 37.6 Å². The number of aliphatic hydroxyl groups is 1. The molecule has 2 atom stereocenters. The Morgan fingerprint density at radius 1 is 1.40 bits per heavy atom. The normalized spacial score (nSPS) is 20.9. The van der Waals surface area contributed by atoms with Crippen LogP contribution >= 0.6 is 12.2 Å². The third kappa shape index (κ3) is 4.01. The van der Waals surface area contributed by atoms with Crippen LogP contribution in [0.3, 0.4) is 0 Å². The molecule has 0 amide bonds. The number of hydrogen-bond acceptors (Lipinski definition) is 3. The Balaban J connectivity index is 2.03. The third-order valence-corrected chi connectivity index (χ3v) is 4.44. The summed E-state index contributed by atoms with van der Waals surface area (Å²) < 4.78 is 0. The fraction of sp³-hybridized carbons (Fsp3) is 0.562. The molecule has 0 radical (unpaired) electrons. The molecule has 1 saturated heterocycles. The average molecular weight is 292 g/mol. The van der Waals surface area contributed by atoms with Crippen LogP contribution in [0.25, 0.3) is 0 Å². The molecule has 4 heteroatoms. The first-order valence-corrected chi connectivity index (χ1v) is 7.82. The lowest BCUT2D eigenvalue weighted by molar-refractivity contribution is 0.215. The Hall–Kier alpha value is -0.970. The van der Waals surface area contributed by atoms with Crippen molar-refractivity contribution in [2.75, 3.05) is 19.7 Å². The highest BCUT2D eigenvalue weighted by molar-refractivity contribution is 7.80. The number of thiocarbonyl (C=S) groups is 1. The first kappa shape index (κ1) is 15.4. The second-order valence-corrected chi connectivity index (χ2v) is 5.99. The van der Waals surface area contributed by atoms with Crippen LogP contribution in [0.15, 0.2) is 30.3 Å². The lowest BCUT2D eigenvalue weighted by Gasteiger charge is -2.28. The first-order valence-electron chi connectivity index (χ1n) is 7.41. The van der Waals surface area contributed by atoms with E-state index in [0.29, 0.717) is 11.0 Å². The van der Waals surface area contributed by atoms with Gasteiger partial charge in [0.15, 0.2) is 0 Å². The van der Waals surface area contributed by atoms with Crippen molar-refractivity contribution >= 4 is 17.2 Å². The van der Waals surface area contributed by atoms with Crippen molar-refractivity contribution in [2.24, 2.45) is 5.73 Å². The zero-order valence-electron chi connectivity index (χ0n) is 11.9. The minimum atomic E-state index is 0.126. The summed E-state index contributed by atoms with van der Waals surface area (Å²) in [7, 11) is 0. The molecule has 1 heterocycles. The van der Waals surface area contributed by atoms with E-state index in [2.05, 4.69) is 17.0 Å². The van der Waals surface area contributed by atoms with Gasteiger partial charge >= 0.3 is 0 Å². The number of rotatable bonds is 7. The van der Waals surface area contributed by atoms with Crippen LogP contribution in [0.5, 0.6) is 0 Å². The van der Waals surface area contributed by atoms with Gasteiger partial charge in [-0.3, -0.25) is 4.90 Å². The summed E-state index contributed by atoms with van der Waals surface area (Å²) in [6.45, 7) is 2.29. The highest BCUT2D eigenvalue weighted by Crippen LogP contribution is 2.26. The lowest BCUT2D eigenvalue weighted by Crippen LogP contribution is -2.37. The van der Waals surface area contributed by atoms with Crippen LogP contribution in [-0.4, -0.2) is 40.7 Å². The van der Waals surface area contributed by atoms with Crippen molar-refractivity contribution in [1.29, 1.82) is 0 Å². The predicted molar refractivity (Wildman–Crippen MR) is 86.9 cm³/mol. The van der Waals surface area contributed by atoms with Crippen molar-refractivity contribution in [3.8, 4) is 0 Å². The molecule has 1 aromatic carbocycles. The van der Waals surface area contributed by atoms with Crippen LogP contribution in [0, 0.1) is 0 Å². The summed E-state index contributed by atoms with van der Waals surface area (Å²) in [5.74, 6) is 0.126. The maximum absolute atomic E-state index is 9.00. The molecule has 1 aliphatic rings. The van der Waals surface area contributed by atoms with E-state index >= 15 is 0 Å². The monoisotopic (exact) mass is 292 g/mol. The molecule has 0 saturated carbocycles. The molecule has 1 aliphatic heterocycles. The van der Waals surface area contributed by atoms with Crippen molar-refractivity contribution in [3.05, 3.63) is 35.9 Å². The Labute approximate surface area is 126 Å². The predicted octanol–water partition coefficient (Wildman–Crippen LogP) is 2.29. The smallest absolute Gasteiger partial charge is 0.0816 e. The van der Waals surface area contributed by atoms with Gasteiger partial charge in [0.25, 0.3) is 0 Å². The average Bonchev–Trinajstić information content (AvgIpc) is 2.90. The molecular weight excluding hydrogens is 268 g/mol. The van der Waals surface area contributed by atoms with Gasteiger partial charge in [0.1, 0.15) is 0 Å². The Kier molecular flexibility index (Phi) is 5.95. The number of hydrogen-bond donors (Lipinski definition) is 2. The fourth-order valence-electron chi connectivity index (χ4n) is 3.07. The van der Waals surface area contributed by atoms with Crippen molar-refractivity contribution in [1.82, 2.24) is 4.90 Å². The molecule has 1 aromatic rings. The molecule has 2 rings (SSSR count). The van der Waals surface area contributed by atoms with Gasteiger partial charge in [-0.1, -0.05) is 42.5 Å². The van der Waals surface area contributed by atoms with E-state index in [1.165, 1.54) is 18.4 Å². The van der Waals surface area contributed by atoms with Crippen LogP contribution in [0.2, 0.25) is 0 Å². The van der Waals surface area contributed by atoms with Crippen molar-refractivity contribution < 1.29 is 5.11 Å². The van der Waals surface area contributed by atoms with Crippen LogP contribution in [0.4, 0.5) is 0 Å². The molecule has 2 unspecified atom stereocenters. The molecule has 0 aromatic heterocycles. The standard InChI is InChI=1S/C16H24N2OS/c17-16(20)15(13-6-2-1-3-7-13)12-18-10-4-8-14(18)9-5-11-19/h1-3,6-7,14-15,19H,4-5,8-12H2,(H2,17,20). The SMILES string of the molecule is NC(=S)C(CN1CCCC1CCCO)c1ccccc1. The highest BCUT2D eigenvalue weighted by atomic mass is 32.1. The number of benzene rings is 1. The number of aliphatic hydroxyl groups excluding tert-OH is 1. The van der Waals surface area contributed by atoms with Gasteiger partial charge in [-0.05, 0) is 37.8 Å². The Morgan fingerprint density at radius 2 is 2.15 bits per heavy atom. The summed E-state index contributed by atoms with van der Waals surface area (Å²) in [5, 5.41) is 9.00. The minimum absolute atomic E-state index is 0.126. The number of likely N-dealkylation sites (tertiary alicyclic amines) is 1. The second-order valence-electron chi connectivity index (χ2n) is 5.52. The Morgan fingerprint density at radius 3 is 2.80 bits per heavy atom. The summed E-state index contributed by atoms with van der Waals surface area (Å²) in [4.78, 5) is 3.07. The van der Waals surface area contributed by atoms with Gasteiger partial charge in [-0.15, -0.1) is 0 Å². The zero-order valence-corrected chi connectivity index (χ0v) is 12.7. The van der Waals surface area contributed by atoms with Crippen LogP contribution < -0.4 is 5.73 Å². The van der Waals surface area contributed by atoms with E-state index in [0.717, 1.165) is 25.9 Å². The van der Waals surface area contributed by atoms with E-state index in [4.69, 9.17) is 23.1 Å². The van der Waals surface area contributed by atoms with E-state index < -0.39 is 0 Å². The molecule has 0 spiro atoms. The molecule has 0 bridgehead atoms.